The molecule has 7 fully saturated rings. The highest BCUT2D eigenvalue weighted by Gasteiger charge is 2.51. The van der Waals surface area contributed by atoms with Crippen molar-refractivity contribution in [3.63, 3.8) is 0 Å². The van der Waals surface area contributed by atoms with Gasteiger partial charge in [0.1, 0.15) is 0 Å². The van der Waals surface area contributed by atoms with Gasteiger partial charge in [0.05, 0.1) is 0 Å². The highest BCUT2D eigenvalue weighted by atomic mass is 16.2. The molecule has 4 amide bonds. The first-order valence-electron chi connectivity index (χ1n) is 28.5. The van der Waals surface area contributed by atoms with E-state index in [4.69, 9.17) is 0 Å². The van der Waals surface area contributed by atoms with Gasteiger partial charge in [-0.25, -0.2) is 0 Å². The van der Waals surface area contributed by atoms with Crippen molar-refractivity contribution in [2.45, 2.75) is 245 Å². The van der Waals surface area contributed by atoms with E-state index in [-0.39, 0.29) is 23.6 Å². The molecule has 7 rings (SSSR count). The van der Waals surface area contributed by atoms with Crippen LogP contribution in [0.5, 0.6) is 0 Å². The van der Waals surface area contributed by atoms with Crippen molar-refractivity contribution < 1.29 is 19.2 Å². The maximum atomic E-state index is 11.2. The van der Waals surface area contributed by atoms with E-state index in [1.807, 2.05) is 88.8 Å². The minimum atomic E-state index is 0.213. The normalized spacial score (nSPS) is 22.9. The monoisotopic (exact) mass is 980 g/mol. The van der Waals surface area contributed by atoms with Gasteiger partial charge < -0.3 is 24.9 Å². The summed E-state index contributed by atoms with van der Waals surface area (Å²) in [5, 5.41) is 3.55. The van der Waals surface area contributed by atoms with Crippen LogP contribution in [-0.4, -0.2) is 108 Å². The minimum Gasteiger partial charge on any atom is -0.343 e. The van der Waals surface area contributed by atoms with Gasteiger partial charge in [-0.05, 0) is 108 Å². The molecule has 0 spiro atoms. The molecule has 9 heteroatoms. The number of rotatable bonds is 0. The van der Waals surface area contributed by atoms with Crippen LogP contribution in [0.15, 0.2) is 0 Å². The number of hydrogen-bond donors (Lipinski definition) is 1. The lowest BCUT2D eigenvalue weighted by molar-refractivity contribution is -0.138. The standard InChI is InChI=1S/2C11H21NO.C10H19NO.C9H17NO.C9H17N.5C2H6/c1-9(13)12-7-5-10(6-8-12)11(2,3)4;1-9(13)12-7-5-6-10(8-12)11(2,3)4;1-8(12)11-6-5-9(7-11)10(2,3)4;1-7(11)10-5-8(6-10)9(2,3)4;1-9(2,3)8-6-4-7(8)10-5-6;5*1-2/h2*10H,5-8H2,1-4H3;9H,5-7H2,1-4H3;8H,5-6H2,1-4H3;6-8,10H,4-5H2,1-3H3;5*1-2H3/t;;;;6-,7-,8?;;;;;/m....1...../s1. The van der Waals surface area contributed by atoms with Crippen LogP contribution in [0.3, 0.4) is 0 Å². The molecular weight excluding hydrogens is 855 g/mol. The summed E-state index contributed by atoms with van der Waals surface area (Å²) in [6.07, 6.45) is 7.39. The van der Waals surface area contributed by atoms with E-state index in [0.717, 1.165) is 76.2 Å². The number of amides is 4. The van der Waals surface area contributed by atoms with E-state index in [1.165, 1.54) is 45.1 Å². The molecule has 0 radical (unpaired) electrons. The van der Waals surface area contributed by atoms with E-state index in [0.29, 0.717) is 44.8 Å². The van der Waals surface area contributed by atoms with Crippen molar-refractivity contribution in [2.75, 3.05) is 58.9 Å². The van der Waals surface area contributed by atoms with Crippen LogP contribution in [-0.2, 0) is 19.2 Å². The van der Waals surface area contributed by atoms with Gasteiger partial charge in [-0.1, -0.05) is 173 Å². The van der Waals surface area contributed by atoms with E-state index in [9.17, 15) is 19.2 Å². The van der Waals surface area contributed by atoms with Crippen molar-refractivity contribution in [1.29, 1.82) is 0 Å². The Morgan fingerprint density at radius 2 is 0.681 bits per heavy atom. The van der Waals surface area contributed by atoms with Crippen molar-refractivity contribution in [3.8, 4) is 0 Å². The second kappa shape index (κ2) is 35.1. The number of fused-ring (bicyclic) bond motifs is 1. The number of carbonyl (C=O) groups excluding carboxylic acids is 4. The molecular formula is C60H125N5O4. The van der Waals surface area contributed by atoms with Crippen LogP contribution in [0.25, 0.3) is 0 Å². The fourth-order valence-corrected chi connectivity index (χ4v) is 9.85. The van der Waals surface area contributed by atoms with Crippen LogP contribution < -0.4 is 5.32 Å². The van der Waals surface area contributed by atoms with Crippen LogP contribution in [0.1, 0.15) is 239 Å². The Labute approximate surface area is 433 Å². The lowest BCUT2D eigenvalue weighted by Crippen LogP contribution is -2.53. The summed E-state index contributed by atoms with van der Waals surface area (Å²) in [6.45, 7) is 69.8. The van der Waals surface area contributed by atoms with Crippen molar-refractivity contribution >= 4 is 23.6 Å². The molecule has 6 heterocycles. The van der Waals surface area contributed by atoms with Gasteiger partial charge in [0, 0.05) is 86.1 Å². The van der Waals surface area contributed by atoms with Crippen LogP contribution in [0, 0.1) is 62.6 Å². The van der Waals surface area contributed by atoms with E-state index < -0.39 is 0 Å². The maximum absolute atomic E-state index is 11.2. The molecule has 0 aromatic carbocycles. The number of likely N-dealkylation sites (tertiary alicyclic amines) is 4. The number of piperidine rings is 2. The van der Waals surface area contributed by atoms with Crippen LogP contribution in [0.2, 0.25) is 0 Å². The van der Waals surface area contributed by atoms with E-state index in [2.05, 4.69) is 109 Å². The smallest absolute Gasteiger partial charge is 0.219 e. The fourth-order valence-electron chi connectivity index (χ4n) is 9.85. The van der Waals surface area contributed by atoms with Crippen LogP contribution >= 0.6 is 0 Å². The third-order valence-electron chi connectivity index (χ3n) is 14.8. The largest absolute Gasteiger partial charge is 0.343 e. The highest BCUT2D eigenvalue weighted by Crippen LogP contribution is 2.49. The van der Waals surface area contributed by atoms with E-state index in [1.54, 1.807) is 27.7 Å². The summed E-state index contributed by atoms with van der Waals surface area (Å²) >= 11 is 0. The van der Waals surface area contributed by atoms with Gasteiger partial charge in [-0.2, -0.15) is 0 Å². The van der Waals surface area contributed by atoms with Gasteiger partial charge in [0.2, 0.25) is 23.6 Å². The van der Waals surface area contributed by atoms with Crippen molar-refractivity contribution in [1.82, 2.24) is 24.9 Å². The SMILES string of the molecule is CC.CC.CC.CC.CC.CC(=O)N1CC(C(C)(C)C)C1.CC(=O)N1CCC(C(C)(C)C)C1.CC(=O)N1CCC(C(C)(C)C)CC1.CC(=O)N1CCCC(C(C)(C)C)C1.CC(C)(C)C1[C@H]2CN[C@@H]1C2. The first-order chi connectivity index (χ1) is 31.7. The lowest BCUT2D eigenvalue weighted by Gasteiger charge is -2.45. The Kier molecular flexibility index (Phi) is 37.3. The molecule has 6 aliphatic heterocycles. The van der Waals surface area contributed by atoms with Gasteiger partial charge >= 0.3 is 0 Å². The molecule has 0 aromatic heterocycles. The molecule has 5 atom stereocenters. The lowest BCUT2D eigenvalue weighted by atomic mass is 9.61. The van der Waals surface area contributed by atoms with Gasteiger partial charge in [-0.15, -0.1) is 0 Å². The zero-order valence-electron chi connectivity index (χ0n) is 52.1. The molecule has 2 bridgehead atoms. The summed E-state index contributed by atoms with van der Waals surface area (Å²) in [5.74, 6) is 5.70. The van der Waals surface area contributed by atoms with Gasteiger partial charge in [-0.3, -0.25) is 19.2 Å². The quantitative estimate of drug-likeness (QED) is 0.261. The summed E-state index contributed by atoms with van der Waals surface area (Å²) in [4.78, 5) is 51.9. The highest BCUT2D eigenvalue weighted by molar-refractivity contribution is 5.74. The molecule has 1 aliphatic carbocycles. The molecule has 1 saturated carbocycles. The number of nitrogens with one attached hydrogen (secondary N) is 1. The third-order valence-corrected chi connectivity index (χ3v) is 14.8. The summed E-state index contributed by atoms with van der Waals surface area (Å²) < 4.78 is 0. The molecule has 3 unspecified atom stereocenters. The van der Waals surface area contributed by atoms with Gasteiger partial charge in [0.25, 0.3) is 0 Å². The molecule has 1 N–H and O–H groups in total. The Morgan fingerprint density at radius 3 is 0.928 bits per heavy atom. The maximum Gasteiger partial charge on any atom is 0.219 e. The number of hydrogen-bond acceptors (Lipinski definition) is 5. The van der Waals surface area contributed by atoms with Crippen molar-refractivity contribution in [3.05, 3.63) is 0 Å². The predicted octanol–water partition coefficient (Wildman–Crippen LogP) is 14.8. The predicted molar refractivity (Wildman–Crippen MR) is 303 cm³/mol. The first-order valence-corrected chi connectivity index (χ1v) is 28.5. The first kappa shape index (κ1) is 73.4. The third kappa shape index (κ3) is 28.0. The molecule has 9 nitrogen and oxygen atoms in total. The average molecular weight is 981 g/mol. The Bertz CT molecular complexity index is 1330. The molecule has 6 saturated heterocycles. The minimum absolute atomic E-state index is 0.213. The zero-order valence-corrected chi connectivity index (χ0v) is 52.1. The summed E-state index contributed by atoms with van der Waals surface area (Å²) in [6, 6.07) is 0.866. The van der Waals surface area contributed by atoms with Gasteiger partial charge in [0.15, 0.2) is 0 Å². The second-order valence-electron chi connectivity index (χ2n) is 24.5. The van der Waals surface area contributed by atoms with E-state index >= 15 is 0 Å². The Balaban J connectivity index is -0.000000366. The number of carbonyl (C=O) groups is 4. The number of nitrogens with zero attached hydrogens (tertiary/aromatic N) is 4. The van der Waals surface area contributed by atoms with Crippen LogP contribution in [0.4, 0.5) is 0 Å². The molecule has 414 valence electrons. The zero-order chi connectivity index (χ0) is 55.5. The molecule has 69 heavy (non-hydrogen) atoms. The Morgan fingerprint density at radius 1 is 0.377 bits per heavy atom. The van der Waals surface area contributed by atoms with Crippen molar-refractivity contribution in [2.24, 2.45) is 62.6 Å². The second-order valence-corrected chi connectivity index (χ2v) is 24.5. The average Bonchev–Trinajstić information content (AvgIpc) is 4.04. The summed E-state index contributed by atoms with van der Waals surface area (Å²) in [5.41, 5.74) is 2.00. The topological polar surface area (TPSA) is 93.3 Å². The summed E-state index contributed by atoms with van der Waals surface area (Å²) in [7, 11) is 0. The fraction of sp³-hybridized carbons (Fsp3) is 0.933. The Hall–Kier alpha value is -2.16. The molecule has 7 aliphatic rings. The molecule has 0 aromatic rings.